The third kappa shape index (κ3) is 4.01. The van der Waals surface area contributed by atoms with Crippen molar-refractivity contribution in [3.05, 3.63) is 24.3 Å². The zero-order valence-electron chi connectivity index (χ0n) is 13.4. The lowest BCUT2D eigenvalue weighted by Gasteiger charge is -2.16. The van der Waals surface area contributed by atoms with Crippen LogP contribution in [0.15, 0.2) is 29.4 Å². The highest BCUT2D eigenvalue weighted by molar-refractivity contribution is 7.99. The first-order valence-electron chi connectivity index (χ1n) is 7.48. The molecule has 1 heterocycles. The molecule has 6 heteroatoms. The Kier molecular flexibility index (Phi) is 6.27. The monoisotopic (exact) mass is 321 g/mol. The van der Waals surface area contributed by atoms with Crippen molar-refractivity contribution in [2.24, 2.45) is 0 Å². The van der Waals surface area contributed by atoms with Gasteiger partial charge in [0.15, 0.2) is 5.16 Å². The van der Waals surface area contributed by atoms with Crippen molar-refractivity contribution in [3.8, 4) is 0 Å². The van der Waals surface area contributed by atoms with E-state index in [0.29, 0.717) is 12.4 Å². The SMILES string of the molecule is CCn1c(SCC(=O)N(C)CCCOC)nc2ccccc21. The quantitative estimate of drug-likeness (QED) is 0.554. The summed E-state index contributed by atoms with van der Waals surface area (Å²) in [5.74, 6) is 0.531. The van der Waals surface area contributed by atoms with Gasteiger partial charge in [0.1, 0.15) is 0 Å². The Morgan fingerprint density at radius 3 is 2.91 bits per heavy atom. The van der Waals surface area contributed by atoms with E-state index >= 15 is 0 Å². The van der Waals surface area contributed by atoms with E-state index in [9.17, 15) is 4.79 Å². The maximum atomic E-state index is 12.2. The predicted octanol–water partition coefficient (Wildman–Crippen LogP) is 2.64. The van der Waals surface area contributed by atoms with Crippen LogP contribution in [-0.2, 0) is 16.1 Å². The highest BCUT2D eigenvalue weighted by Crippen LogP contribution is 2.24. The second-order valence-electron chi connectivity index (χ2n) is 5.08. The van der Waals surface area contributed by atoms with Gasteiger partial charge >= 0.3 is 0 Å². The number of aryl methyl sites for hydroxylation is 1. The third-order valence-corrected chi connectivity index (χ3v) is 4.49. The maximum absolute atomic E-state index is 12.2. The summed E-state index contributed by atoms with van der Waals surface area (Å²) in [6, 6.07) is 8.07. The van der Waals surface area contributed by atoms with Crippen LogP contribution in [0.2, 0.25) is 0 Å². The molecule has 22 heavy (non-hydrogen) atoms. The van der Waals surface area contributed by atoms with E-state index in [0.717, 1.165) is 35.7 Å². The van der Waals surface area contributed by atoms with Crippen molar-refractivity contribution in [2.45, 2.75) is 25.0 Å². The van der Waals surface area contributed by atoms with Crippen molar-refractivity contribution >= 4 is 28.7 Å². The normalized spacial score (nSPS) is 11.0. The molecule has 0 fully saturated rings. The number of hydrogen-bond donors (Lipinski definition) is 0. The number of amides is 1. The lowest BCUT2D eigenvalue weighted by molar-refractivity contribution is -0.127. The number of benzene rings is 1. The molecule has 1 aromatic carbocycles. The minimum atomic E-state index is 0.121. The van der Waals surface area contributed by atoms with Crippen LogP contribution in [0.1, 0.15) is 13.3 Å². The molecule has 120 valence electrons. The van der Waals surface area contributed by atoms with Gasteiger partial charge in [-0.3, -0.25) is 4.79 Å². The number of aromatic nitrogens is 2. The van der Waals surface area contributed by atoms with Gasteiger partial charge in [0.05, 0.1) is 16.8 Å². The van der Waals surface area contributed by atoms with E-state index in [1.54, 1.807) is 12.0 Å². The first-order chi connectivity index (χ1) is 10.7. The van der Waals surface area contributed by atoms with E-state index in [4.69, 9.17) is 4.74 Å². The number of nitrogens with zero attached hydrogens (tertiary/aromatic N) is 3. The fourth-order valence-electron chi connectivity index (χ4n) is 2.28. The number of ether oxygens (including phenoxy) is 1. The largest absolute Gasteiger partial charge is 0.385 e. The minimum absolute atomic E-state index is 0.121. The van der Waals surface area contributed by atoms with Crippen molar-refractivity contribution in [1.82, 2.24) is 14.5 Å². The molecule has 0 aliphatic rings. The number of hydrogen-bond acceptors (Lipinski definition) is 4. The summed E-state index contributed by atoms with van der Waals surface area (Å²) in [4.78, 5) is 18.5. The third-order valence-electron chi connectivity index (χ3n) is 3.53. The molecule has 0 saturated carbocycles. The molecule has 0 atom stereocenters. The molecule has 0 N–H and O–H groups in total. The van der Waals surface area contributed by atoms with Crippen molar-refractivity contribution in [2.75, 3.05) is 33.1 Å². The van der Waals surface area contributed by atoms with E-state index in [2.05, 4.69) is 22.5 Å². The Morgan fingerprint density at radius 2 is 2.18 bits per heavy atom. The molecule has 0 unspecified atom stereocenters. The standard InChI is InChI=1S/C16H23N3O2S/c1-4-19-14-9-6-5-8-13(14)17-16(19)22-12-15(20)18(2)10-7-11-21-3/h5-6,8-9H,4,7,10-12H2,1-3H3. The van der Waals surface area contributed by atoms with Gasteiger partial charge in [-0.05, 0) is 25.5 Å². The molecular weight excluding hydrogens is 298 g/mol. The number of fused-ring (bicyclic) bond motifs is 1. The summed E-state index contributed by atoms with van der Waals surface area (Å²) >= 11 is 1.50. The van der Waals surface area contributed by atoms with Crippen LogP contribution >= 0.6 is 11.8 Å². The molecule has 1 amide bonds. The molecule has 2 rings (SSSR count). The van der Waals surface area contributed by atoms with Gasteiger partial charge in [0, 0.05) is 33.9 Å². The number of imidazole rings is 1. The fraction of sp³-hybridized carbons (Fsp3) is 0.500. The van der Waals surface area contributed by atoms with E-state index in [-0.39, 0.29) is 5.91 Å². The van der Waals surface area contributed by atoms with Gasteiger partial charge in [-0.25, -0.2) is 4.98 Å². The Bertz CT molecular complexity index is 627. The molecule has 0 spiro atoms. The van der Waals surface area contributed by atoms with Crippen LogP contribution in [-0.4, -0.2) is 53.4 Å². The molecule has 0 aliphatic heterocycles. The Labute approximate surface area is 135 Å². The first-order valence-corrected chi connectivity index (χ1v) is 8.47. The van der Waals surface area contributed by atoms with Crippen molar-refractivity contribution in [3.63, 3.8) is 0 Å². The number of rotatable bonds is 8. The highest BCUT2D eigenvalue weighted by Gasteiger charge is 2.13. The molecular formula is C16H23N3O2S. The van der Waals surface area contributed by atoms with Gasteiger partial charge in [-0.2, -0.15) is 0 Å². The second kappa shape index (κ2) is 8.19. The van der Waals surface area contributed by atoms with Crippen LogP contribution in [0.4, 0.5) is 0 Å². The van der Waals surface area contributed by atoms with E-state index < -0.39 is 0 Å². The number of para-hydroxylation sites is 2. The molecule has 0 aliphatic carbocycles. The Hall–Kier alpha value is -1.53. The minimum Gasteiger partial charge on any atom is -0.385 e. The number of methoxy groups -OCH3 is 1. The number of carbonyl (C=O) groups is 1. The van der Waals surface area contributed by atoms with Crippen LogP contribution in [0.3, 0.4) is 0 Å². The van der Waals surface area contributed by atoms with E-state index in [1.165, 1.54) is 11.8 Å². The number of carbonyl (C=O) groups excluding carboxylic acids is 1. The summed E-state index contributed by atoms with van der Waals surface area (Å²) in [7, 11) is 3.51. The molecule has 5 nitrogen and oxygen atoms in total. The average molecular weight is 321 g/mol. The van der Waals surface area contributed by atoms with Crippen LogP contribution in [0.5, 0.6) is 0 Å². The van der Waals surface area contributed by atoms with Gasteiger partial charge < -0.3 is 14.2 Å². The lowest BCUT2D eigenvalue weighted by atomic mass is 10.3. The van der Waals surface area contributed by atoms with Gasteiger partial charge in [-0.1, -0.05) is 23.9 Å². The zero-order chi connectivity index (χ0) is 15.9. The summed E-state index contributed by atoms with van der Waals surface area (Å²) in [6.45, 7) is 4.34. The molecule has 0 saturated heterocycles. The highest BCUT2D eigenvalue weighted by atomic mass is 32.2. The smallest absolute Gasteiger partial charge is 0.232 e. The summed E-state index contributed by atoms with van der Waals surface area (Å²) in [5, 5.41) is 0.905. The topological polar surface area (TPSA) is 47.4 Å². The predicted molar refractivity (Wildman–Crippen MR) is 90.3 cm³/mol. The van der Waals surface area contributed by atoms with Crippen molar-refractivity contribution in [1.29, 1.82) is 0 Å². The zero-order valence-corrected chi connectivity index (χ0v) is 14.2. The second-order valence-corrected chi connectivity index (χ2v) is 6.02. The maximum Gasteiger partial charge on any atom is 0.232 e. The van der Waals surface area contributed by atoms with Gasteiger partial charge in [0.2, 0.25) is 5.91 Å². The Balaban J connectivity index is 1.98. The van der Waals surface area contributed by atoms with Crippen LogP contribution in [0, 0.1) is 0 Å². The molecule has 1 aromatic heterocycles. The summed E-state index contributed by atoms with van der Waals surface area (Å²) in [5.41, 5.74) is 2.10. The van der Waals surface area contributed by atoms with Crippen molar-refractivity contribution < 1.29 is 9.53 Å². The summed E-state index contributed by atoms with van der Waals surface area (Å²) in [6.07, 6.45) is 0.858. The molecule has 0 radical (unpaired) electrons. The van der Waals surface area contributed by atoms with Gasteiger partial charge in [-0.15, -0.1) is 0 Å². The average Bonchev–Trinajstić information content (AvgIpc) is 2.90. The fourth-order valence-corrected chi connectivity index (χ4v) is 3.30. The number of thioether (sulfide) groups is 1. The Morgan fingerprint density at radius 1 is 1.41 bits per heavy atom. The molecule has 0 bridgehead atoms. The lowest BCUT2D eigenvalue weighted by Crippen LogP contribution is -2.29. The van der Waals surface area contributed by atoms with Gasteiger partial charge in [0.25, 0.3) is 0 Å². The van der Waals surface area contributed by atoms with Crippen LogP contribution in [0.25, 0.3) is 11.0 Å². The van der Waals surface area contributed by atoms with E-state index in [1.807, 2.05) is 25.2 Å². The first kappa shape index (κ1) is 16.8. The summed E-state index contributed by atoms with van der Waals surface area (Å²) < 4.78 is 7.16. The van der Waals surface area contributed by atoms with Crippen LogP contribution < -0.4 is 0 Å². The molecule has 2 aromatic rings.